The topological polar surface area (TPSA) is 59.3 Å². The van der Waals surface area contributed by atoms with Crippen LogP contribution in [0.25, 0.3) is 0 Å². The Morgan fingerprint density at radius 2 is 1.73 bits per heavy atom. The fraction of sp³-hybridized carbons (Fsp3) is 0.409. The van der Waals surface area contributed by atoms with E-state index in [0.29, 0.717) is 13.2 Å². The quantitative estimate of drug-likeness (QED) is 0.552. The molecule has 0 saturated carbocycles. The molecule has 2 heterocycles. The first-order chi connectivity index (χ1) is 14.8. The van der Waals surface area contributed by atoms with Crippen molar-refractivity contribution in [2.24, 2.45) is 0 Å². The van der Waals surface area contributed by atoms with Gasteiger partial charge in [-0.2, -0.15) is 0 Å². The van der Waals surface area contributed by atoms with Gasteiger partial charge in [-0.25, -0.2) is 4.68 Å². The van der Waals surface area contributed by atoms with E-state index in [-0.39, 0.29) is 6.04 Å². The summed E-state index contributed by atoms with van der Waals surface area (Å²) in [5.41, 5.74) is 2.38. The number of tetrazole rings is 1. The molecule has 1 aromatic heterocycles. The van der Waals surface area contributed by atoms with Gasteiger partial charge in [0.1, 0.15) is 0 Å². The maximum atomic E-state index is 6.61. The number of nitrogens with zero attached hydrogens (tertiary/aromatic N) is 6. The lowest BCUT2D eigenvalue weighted by atomic mass is 10.0. The smallest absolute Gasteiger partial charge is 0.173 e. The molecule has 0 amide bonds. The van der Waals surface area contributed by atoms with Gasteiger partial charge in [-0.05, 0) is 27.6 Å². The van der Waals surface area contributed by atoms with Crippen molar-refractivity contribution < 1.29 is 4.74 Å². The number of ether oxygens (including phenoxy) is 1. The molecule has 1 atom stereocenters. The highest BCUT2D eigenvalue weighted by Gasteiger charge is 2.31. The zero-order chi connectivity index (χ0) is 20.8. The summed E-state index contributed by atoms with van der Waals surface area (Å²) in [4.78, 5) is 4.92. The SMILES string of the molecule is COCCn1nnnc1[C@@H](c1ccccc1Cl)N1CCN(Cc2ccccc2)CC1. The van der Waals surface area contributed by atoms with Crippen LogP contribution in [0.3, 0.4) is 0 Å². The molecule has 0 unspecified atom stereocenters. The molecule has 8 heteroatoms. The van der Waals surface area contributed by atoms with E-state index in [1.54, 1.807) is 7.11 Å². The Bertz CT molecular complexity index is 926. The van der Waals surface area contributed by atoms with Gasteiger partial charge < -0.3 is 4.74 Å². The largest absolute Gasteiger partial charge is 0.383 e. The number of piperazine rings is 1. The maximum Gasteiger partial charge on any atom is 0.173 e. The van der Waals surface area contributed by atoms with Crippen LogP contribution in [0.1, 0.15) is 23.0 Å². The molecular formula is C22H27ClN6O. The normalized spacial score (nSPS) is 16.6. The Morgan fingerprint density at radius 3 is 2.47 bits per heavy atom. The second kappa shape index (κ2) is 10.1. The van der Waals surface area contributed by atoms with Crippen LogP contribution in [0.15, 0.2) is 54.6 Å². The van der Waals surface area contributed by atoms with Crippen molar-refractivity contribution in [1.82, 2.24) is 30.0 Å². The fourth-order valence-electron chi connectivity index (χ4n) is 3.96. The summed E-state index contributed by atoms with van der Waals surface area (Å²) < 4.78 is 7.06. The Labute approximate surface area is 182 Å². The summed E-state index contributed by atoms with van der Waals surface area (Å²) in [7, 11) is 1.68. The van der Waals surface area contributed by atoms with E-state index in [4.69, 9.17) is 16.3 Å². The molecule has 2 aromatic carbocycles. The monoisotopic (exact) mass is 426 g/mol. The molecule has 158 valence electrons. The number of benzene rings is 2. The van der Waals surface area contributed by atoms with Crippen LogP contribution in [0.4, 0.5) is 0 Å². The number of hydrogen-bond donors (Lipinski definition) is 0. The number of methoxy groups -OCH3 is 1. The molecule has 0 N–H and O–H groups in total. The molecule has 0 aliphatic carbocycles. The van der Waals surface area contributed by atoms with Crippen LogP contribution in [-0.2, 0) is 17.8 Å². The summed E-state index contributed by atoms with van der Waals surface area (Å²) >= 11 is 6.61. The van der Waals surface area contributed by atoms with E-state index >= 15 is 0 Å². The van der Waals surface area contributed by atoms with Crippen molar-refractivity contribution in [2.45, 2.75) is 19.1 Å². The van der Waals surface area contributed by atoms with Gasteiger partial charge in [0.25, 0.3) is 0 Å². The lowest BCUT2D eigenvalue weighted by Crippen LogP contribution is -2.48. The first-order valence-corrected chi connectivity index (χ1v) is 10.6. The van der Waals surface area contributed by atoms with Crippen molar-refractivity contribution in [2.75, 3.05) is 39.9 Å². The lowest BCUT2D eigenvalue weighted by Gasteiger charge is -2.39. The maximum absolute atomic E-state index is 6.61. The third kappa shape index (κ3) is 4.87. The van der Waals surface area contributed by atoms with Crippen LogP contribution in [0.2, 0.25) is 5.02 Å². The summed E-state index contributed by atoms with van der Waals surface area (Å²) in [5, 5.41) is 13.2. The van der Waals surface area contributed by atoms with E-state index < -0.39 is 0 Å². The minimum atomic E-state index is -0.0931. The zero-order valence-corrected chi connectivity index (χ0v) is 17.9. The van der Waals surface area contributed by atoms with Gasteiger partial charge in [0.2, 0.25) is 0 Å². The van der Waals surface area contributed by atoms with Crippen molar-refractivity contribution >= 4 is 11.6 Å². The number of halogens is 1. The molecule has 4 rings (SSSR count). The highest BCUT2D eigenvalue weighted by atomic mass is 35.5. The van der Waals surface area contributed by atoms with E-state index in [0.717, 1.165) is 49.1 Å². The Hall–Kier alpha value is -2.32. The van der Waals surface area contributed by atoms with E-state index in [1.165, 1.54) is 5.56 Å². The molecule has 0 radical (unpaired) electrons. The van der Waals surface area contributed by atoms with Crippen molar-refractivity contribution in [3.63, 3.8) is 0 Å². The molecule has 1 aliphatic heterocycles. The molecule has 1 aliphatic rings. The van der Waals surface area contributed by atoms with Gasteiger partial charge >= 0.3 is 0 Å². The summed E-state index contributed by atoms with van der Waals surface area (Å²) in [6, 6.07) is 18.5. The molecule has 1 saturated heterocycles. The molecule has 1 fully saturated rings. The molecule has 0 spiro atoms. The molecular weight excluding hydrogens is 400 g/mol. The van der Waals surface area contributed by atoms with Crippen LogP contribution >= 0.6 is 11.6 Å². The second-order valence-electron chi connectivity index (χ2n) is 7.47. The summed E-state index contributed by atoms with van der Waals surface area (Å²) in [5.74, 6) is 0.802. The van der Waals surface area contributed by atoms with E-state index in [9.17, 15) is 0 Å². The Morgan fingerprint density at radius 1 is 1.00 bits per heavy atom. The zero-order valence-electron chi connectivity index (χ0n) is 17.2. The van der Waals surface area contributed by atoms with E-state index in [2.05, 4.69) is 61.7 Å². The highest BCUT2D eigenvalue weighted by molar-refractivity contribution is 6.31. The van der Waals surface area contributed by atoms with Crippen molar-refractivity contribution in [1.29, 1.82) is 0 Å². The molecule has 0 bridgehead atoms. The van der Waals surface area contributed by atoms with Gasteiger partial charge in [0.15, 0.2) is 5.82 Å². The average Bonchev–Trinajstić information content (AvgIpc) is 3.24. The van der Waals surface area contributed by atoms with Gasteiger partial charge in [0.05, 0.1) is 19.2 Å². The molecule has 7 nitrogen and oxygen atoms in total. The summed E-state index contributed by atoms with van der Waals surface area (Å²) in [6.07, 6.45) is 0. The van der Waals surface area contributed by atoms with Gasteiger partial charge in [-0.3, -0.25) is 9.80 Å². The predicted molar refractivity (Wildman–Crippen MR) is 116 cm³/mol. The number of rotatable bonds is 8. The standard InChI is InChI=1S/C22H27ClN6O/c1-30-16-15-29-22(24-25-26-29)21(19-9-5-6-10-20(19)23)28-13-11-27(12-14-28)17-18-7-3-2-4-8-18/h2-10,21H,11-17H2,1H3/t21-/m1/s1. The summed E-state index contributed by atoms with van der Waals surface area (Å²) in [6.45, 7) is 5.92. The molecule has 3 aromatic rings. The third-order valence-corrected chi connectivity index (χ3v) is 5.88. The van der Waals surface area contributed by atoms with Crippen molar-refractivity contribution in [3.05, 3.63) is 76.6 Å². The van der Waals surface area contributed by atoms with Gasteiger partial charge in [-0.1, -0.05) is 60.1 Å². The number of hydrogen-bond acceptors (Lipinski definition) is 6. The molecule has 30 heavy (non-hydrogen) atoms. The van der Waals surface area contributed by atoms with E-state index in [1.807, 2.05) is 22.9 Å². The van der Waals surface area contributed by atoms with Gasteiger partial charge in [0, 0.05) is 44.9 Å². The minimum absolute atomic E-state index is 0.0931. The average molecular weight is 427 g/mol. The Balaban J connectivity index is 1.54. The first-order valence-electron chi connectivity index (χ1n) is 10.3. The van der Waals surface area contributed by atoms with Crippen LogP contribution in [-0.4, -0.2) is 69.9 Å². The fourth-order valence-corrected chi connectivity index (χ4v) is 4.20. The first kappa shape index (κ1) is 20.9. The minimum Gasteiger partial charge on any atom is -0.383 e. The lowest BCUT2D eigenvalue weighted by molar-refractivity contribution is 0.0989. The number of aromatic nitrogens is 4. The van der Waals surface area contributed by atoms with Gasteiger partial charge in [-0.15, -0.1) is 5.10 Å². The van der Waals surface area contributed by atoms with Crippen LogP contribution in [0.5, 0.6) is 0 Å². The van der Waals surface area contributed by atoms with Crippen molar-refractivity contribution in [3.8, 4) is 0 Å². The highest BCUT2D eigenvalue weighted by Crippen LogP contribution is 2.32. The Kier molecular flexibility index (Phi) is 7.07. The van der Waals surface area contributed by atoms with Crippen LogP contribution < -0.4 is 0 Å². The van der Waals surface area contributed by atoms with Crippen LogP contribution in [0, 0.1) is 0 Å². The predicted octanol–water partition coefficient (Wildman–Crippen LogP) is 2.88. The second-order valence-corrected chi connectivity index (χ2v) is 7.88. The third-order valence-electron chi connectivity index (χ3n) is 5.53.